The largest absolute Gasteiger partial charge is 0.384 e. The number of ether oxygens (including phenoxy) is 1. The van der Waals surface area contributed by atoms with Gasteiger partial charge in [-0.25, -0.2) is 4.39 Å². The summed E-state index contributed by atoms with van der Waals surface area (Å²) in [6, 6.07) is 4.16. The van der Waals surface area contributed by atoms with Gasteiger partial charge in [-0.15, -0.1) is 0 Å². The van der Waals surface area contributed by atoms with Gasteiger partial charge in [0.2, 0.25) is 0 Å². The molecule has 2 aliphatic heterocycles. The smallest absolute Gasteiger partial charge is 0.254 e. The summed E-state index contributed by atoms with van der Waals surface area (Å²) in [5.41, 5.74) is 0.439. The molecule has 4 nitrogen and oxygen atoms in total. The Balaban J connectivity index is 1.70. The molecule has 2 N–H and O–H groups in total. The van der Waals surface area contributed by atoms with Crippen molar-refractivity contribution < 1.29 is 19.0 Å². The highest BCUT2D eigenvalue weighted by molar-refractivity contribution is 5.94. The first-order valence-electron chi connectivity index (χ1n) is 7.03. The molecule has 3 unspecified atom stereocenters. The third-order valence-electron chi connectivity index (χ3n) is 3.95. The highest BCUT2D eigenvalue weighted by atomic mass is 19.1. The van der Waals surface area contributed by atoms with Crippen molar-refractivity contribution in [2.45, 2.75) is 37.5 Å². The van der Waals surface area contributed by atoms with Gasteiger partial charge in [0.05, 0.1) is 23.8 Å². The van der Waals surface area contributed by atoms with Gasteiger partial charge in [-0.05, 0) is 37.5 Å². The van der Waals surface area contributed by atoms with Crippen LogP contribution in [0.5, 0.6) is 0 Å². The summed E-state index contributed by atoms with van der Waals surface area (Å²) in [6.07, 6.45) is 3.10. The minimum Gasteiger partial charge on any atom is -0.384 e. The molecule has 1 aromatic rings. The molecule has 2 heterocycles. The molecule has 0 saturated carbocycles. The first-order chi connectivity index (χ1) is 10.2. The molecule has 1 aromatic carbocycles. The summed E-state index contributed by atoms with van der Waals surface area (Å²) in [6.45, 7) is -0.284. The molecule has 0 radical (unpaired) electrons. The first kappa shape index (κ1) is 14.1. The summed E-state index contributed by atoms with van der Waals surface area (Å²) in [4.78, 5) is 12.1. The number of carbonyl (C=O) groups excluding carboxylic acids is 1. The number of aliphatic hydroxyl groups excluding tert-OH is 1. The topological polar surface area (TPSA) is 58.6 Å². The van der Waals surface area contributed by atoms with Gasteiger partial charge in [0.1, 0.15) is 12.4 Å². The van der Waals surface area contributed by atoms with Crippen LogP contribution >= 0.6 is 0 Å². The fourth-order valence-electron chi connectivity index (χ4n) is 2.95. The monoisotopic (exact) mass is 289 g/mol. The van der Waals surface area contributed by atoms with Crippen molar-refractivity contribution in [3.05, 3.63) is 35.1 Å². The predicted molar refractivity (Wildman–Crippen MR) is 74.1 cm³/mol. The highest BCUT2D eigenvalue weighted by Crippen LogP contribution is 2.34. The zero-order valence-corrected chi connectivity index (χ0v) is 11.4. The minimum absolute atomic E-state index is 0.00678. The number of benzene rings is 1. The Morgan fingerprint density at radius 2 is 2.33 bits per heavy atom. The molecule has 0 spiro atoms. The lowest BCUT2D eigenvalue weighted by molar-refractivity contribution is 0.0838. The predicted octanol–water partition coefficient (Wildman–Crippen LogP) is 1.22. The second kappa shape index (κ2) is 5.84. The van der Waals surface area contributed by atoms with Gasteiger partial charge in [0.25, 0.3) is 5.91 Å². The van der Waals surface area contributed by atoms with E-state index in [2.05, 4.69) is 17.2 Å². The van der Waals surface area contributed by atoms with Crippen LogP contribution in [0.2, 0.25) is 0 Å². The highest BCUT2D eigenvalue weighted by Gasteiger charge is 2.41. The van der Waals surface area contributed by atoms with E-state index >= 15 is 0 Å². The molecule has 2 fully saturated rings. The van der Waals surface area contributed by atoms with Gasteiger partial charge in [0, 0.05) is 5.56 Å². The van der Waals surface area contributed by atoms with Crippen LogP contribution in [0.15, 0.2) is 18.2 Å². The third kappa shape index (κ3) is 2.92. The summed E-state index contributed by atoms with van der Waals surface area (Å²) >= 11 is 0. The number of carbonyl (C=O) groups is 1. The van der Waals surface area contributed by atoms with E-state index in [1.165, 1.54) is 12.1 Å². The van der Waals surface area contributed by atoms with Crippen molar-refractivity contribution >= 4 is 5.91 Å². The molecule has 110 valence electrons. The molecule has 0 aliphatic carbocycles. The number of hydrogen-bond acceptors (Lipinski definition) is 3. The van der Waals surface area contributed by atoms with E-state index in [9.17, 15) is 9.18 Å². The fraction of sp³-hybridized carbons (Fsp3) is 0.438. The Bertz CT molecular complexity index is 620. The van der Waals surface area contributed by atoms with Crippen molar-refractivity contribution in [2.75, 3.05) is 6.61 Å². The average Bonchev–Trinajstić information content (AvgIpc) is 3.07. The molecule has 3 rings (SSSR count). The standard InChI is InChI=1S/C16H16FNO3/c17-13-8-10(2-1-7-19)3-5-12(13)16(20)18-14-9-11-4-6-15(14)21-11/h3,5,8,11,14-15,19H,4,6-7,9H2,(H,18,20). The Kier molecular flexibility index (Phi) is 3.91. The third-order valence-corrected chi connectivity index (χ3v) is 3.95. The van der Waals surface area contributed by atoms with Crippen LogP contribution in [0.4, 0.5) is 4.39 Å². The van der Waals surface area contributed by atoms with E-state index in [0.717, 1.165) is 19.3 Å². The number of hydrogen-bond donors (Lipinski definition) is 2. The molecule has 1 amide bonds. The van der Waals surface area contributed by atoms with Crippen LogP contribution in [0.3, 0.4) is 0 Å². The summed E-state index contributed by atoms with van der Waals surface area (Å²) in [5, 5.41) is 11.5. The summed E-state index contributed by atoms with van der Waals surface area (Å²) in [7, 11) is 0. The molecule has 2 saturated heterocycles. The summed E-state index contributed by atoms with van der Waals surface area (Å²) < 4.78 is 19.6. The second-order valence-corrected chi connectivity index (χ2v) is 5.34. The second-order valence-electron chi connectivity index (χ2n) is 5.34. The van der Waals surface area contributed by atoms with Crippen molar-refractivity contribution in [3.8, 4) is 11.8 Å². The Hall–Kier alpha value is -1.90. The Labute approximate surface area is 122 Å². The van der Waals surface area contributed by atoms with Crippen LogP contribution in [0.25, 0.3) is 0 Å². The Morgan fingerprint density at radius 3 is 2.95 bits per heavy atom. The number of fused-ring (bicyclic) bond motifs is 2. The van der Waals surface area contributed by atoms with Gasteiger partial charge in [-0.2, -0.15) is 0 Å². The molecular weight excluding hydrogens is 273 g/mol. The van der Waals surface area contributed by atoms with E-state index in [-0.39, 0.29) is 30.4 Å². The lowest BCUT2D eigenvalue weighted by Crippen LogP contribution is -2.41. The molecule has 0 aromatic heterocycles. The molecule has 5 heteroatoms. The van der Waals surface area contributed by atoms with Gasteiger partial charge in [-0.3, -0.25) is 4.79 Å². The van der Waals surface area contributed by atoms with Gasteiger partial charge >= 0.3 is 0 Å². The van der Waals surface area contributed by atoms with Crippen LogP contribution in [-0.4, -0.2) is 35.9 Å². The molecule has 2 bridgehead atoms. The van der Waals surface area contributed by atoms with Crippen LogP contribution in [0, 0.1) is 17.7 Å². The Morgan fingerprint density at radius 1 is 1.48 bits per heavy atom. The van der Waals surface area contributed by atoms with E-state index in [4.69, 9.17) is 9.84 Å². The molecule has 2 aliphatic rings. The number of nitrogens with one attached hydrogen (secondary N) is 1. The molecule has 3 atom stereocenters. The lowest BCUT2D eigenvalue weighted by atomic mass is 9.95. The van der Waals surface area contributed by atoms with E-state index in [1.54, 1.807) is 6.07 Å². The van der Waals surface area contributed by atoms with E-state index in [1.807, 2.05) is 0 Å². The van der Waals surface area contributed by atoms with Gasteiger partial charge < -0.3 is 15.2 Å². The fourth-order valence-corrected chi connectivity index (χ4v) is 2.95. The summed E-state index contributed by atoms with van der Waals surface area (Å²) in [5.74, 6) is 4.01. The van der Waals surface area contributed by atoms with Crippen LogP contribution < -0.4 is 5.32 Å². The SMILES string of the molecule is O=C(NC1CC2CCC1O2)c1ccc(C#CCO)cc1F. The average molecular weight is 289 g/mol. The zero-order chi connectivity index (χ0) is 14.8. The first-order valence-corrected chi connectivity index (χ1v) is 7.03. The minimum atomic E-state index is -0.610. The zero-order valence-electron chi connectivity index (χ0n) is 11.4. The lowest BCUT2D eigenvalue weighted by Gasteiger charge is -2.20. The maximum atomic E-state index is 14.0. The number of halogens is 1. The maximum Gasteiger partial charge on any atom is 0.254 e. The van der Waals surface area contributed by atoms with E-state index < -0.39 is 11.7 Å². The van der Waals surface area contributed by atoms with Crippen molar-refractivity contribution in [1.29, 1.82) is 0 Å². The van der Waals surface area contributed by atoms with E-state index in [0.29, 0.717) is 5.56 Å². The maximum absolute atomic E-state index is 14.0. The van der Waals surface area contributed by atoms with Gasteiger partial charge in [-0.1, -0.05) is 11.8 Å². The van der Waals surface area contributed by atoms with Crippen molar-refractivity contribution in [1.82, 2.24) is 5.32 Å². The number of rotatable bonds is 2. The van der Waals surface area contributed by atoms with Crippen molar-refractivity contribution in [2.24, 2.45) is 0 Å². The molecule has 21 heavy (non-hydrogen) atoms. The molecular formula is C16H16FNO3. The van der Waals surface area contributed by atoms with Crippen molar-refractivity contribution in [3.63, 3.8) is 0 Å². The van der Waals surface area contributed by atoms with Crippen LogP contribution in [0.1, 0.15) is 35.2 Å². The quantitative estimate of drug-likeness (QED) is 0.805. The number of amides is 1. The van der Waals surface area contributed by atoms with Gasteiger partial charge in [0.15, 0.2) is 0 Å². The number of aliphatic hydroxyl groups is 1. The normalized spacial score (nSPS) is 26.3. The van der Waals surface area contributed by atoms with Crippen LogP contribution in [-0.2, 0) is 4.74 Å².